The average molecular weight is 540 g/mol. The summed E-state index contributed by atoms with van der Waals surface area (Å²) in [7, 11) is 0. The molecule has 1 amide bonds. The highest BCUT2D eigenvalue weighted by atomic mass is 35.5. The van der Waals surface area contributed by atoms with Gasteiger partial charge in [0.15, 0.2) is 5.43 Å². The van der Waals surface area contributed by atoms with E-state index in [4.69, 9.17) is 11.6 Å². The summed E-state index contributed by atoms with van der Waals surface area (Å²) in [4.78, 5) is 34.7. The van der Waals surface area contributed by atoms with Crippen molar-refractivity contribution in [3.63, 3.8) is 0 Å². The van der Waals surface area contributed by atoms with Crippen LogP contribution in [-0.4, -0.2) is 32.6 Å². The standard InChI is InChI=1S/C32H30ClN3O3/c33-23-8-9-24-27(13-23)35-17-25(30(24)37)28(26-3-1-2-10-34-26)19-4-6-20(7-5-19)31(38)36-29-21-11-18-12-22(29)16-32(39,14-18)15-21/h1-10,13,17-18,21-22,28-29,39H,11-12,14-16H2,(H,35,37)(H,36,38)/t18-,21-,22+,28?,29-,32+. The molecule has 4 bridgehead atoms. The topological polar surface area (TPSA) is 95.1 Å². The fourth-order valence-electron chi connectivity index (χ4n) is 7.76. The van der Waals surface area contributed by atoms with E-state index in [-0.39, 0.29) is 17.4 Å². The summed E-state index contributed by atoms with van der Waals surface area (Å²) in [6.45, 7) is 0. The van der Waals surface area contributed by atoms with Crippen molar-refractivity contribution >= 4 is 28.4 Å². The minimum absolute atomic E-state index is 0.0820. The Kier molecular flexibility index (Phi) is 5.87. The van der Waals surface area contributed by atoms with Crippen LogP contribution in [0.1, 0.15) is 65.2 Å². The van der Waals surface area contributed by atoms with E-state index in [1.807, 2.05) is 42.5 Å². The second-order valence-electron chi connectivity index (χ2n) is 11.8. The first-order chi connectivity index (χ1) is 18.9. The highest BCUT2D eigenvalue weighted by Gasteiger charge is 2.55. The van der Waals surface area contributed by atoms with Crippen LogP contribution in [0.5, 0.6) is 0 Å². The van der Waals surface area contributed by atoms with Crippen molar-refractivity contribution in [1.29, 1.82) is 0 Å². The van der Waals surface area contributed by atoms with Gasteiger partial charge in [-0.15, -0.1) is 0 Å². The van der Waals surface area contributed by atoms with E-state index < -0.39 is 11.5 Å². The highest BCUT2D eigenvalue weighted by molar-refractivity contribution is 6.31. The summed E-state index contributed by atoms with van der Waals surface area (Å²) in [6, 6.07) is 18.5. The summed E-state index contributed by atoms with van der Waals surface area (Å²) in [5.74, 6) is 0.817. The maximum absolute atomic E-state index is 13.6. The number of aliphatic hydroxyl groups is 1. The molecule has 4 aromatic rings. The van der Waals surface area contributed by atoms with Crippen LogP contribution in [0.3, 0.4) is 0 Å². The molecular formula is C32H30ClN3O3. The number of rotatable bonds is 5. The Bertz CT molecular complexity index is 1600. The highest BCUT2D eigenvalue weighted by Crippen LogP contribution is 2.55. The lowest BCUT2D eigenvalue weighted by molar-refractivity contribution is -0.136. The van der Waals surface area contributed by atoms with Crippen LogP contribution < -0.4 is 10.7 Å². The van der Waals surface area contributed by atoms with Gasteiger partial charge in [0.1, 0.15) is 0 Å². The van der Waals surface area contributed by atoms with E-state index in [9.17, 15) is 14.7 Å². The summed E-state index contributed by atoms with van der Waals surface area (Å²) >= 11 is 6.13. The molecule has 2 aromatic carbocycles. The normalized spacial score (nSPS) is 27.9. The van der Waals surface area contributed by atoms with Crippen molar-refractivity contribution in [2.45, 2.75) is 49.7 Å². The Labute approximate surface area is 231 Å². The zero-order valence-electron chi connectivity index (χ0n) is 21.4. The van der Waals surface area contributed by atoms with Gasteiger partial charge in [-0.3, -0.25) is 14.6 Å². The summed E-state index contributed by atoms with van der Waals surface area (Å²) in [5.41, 5.74) is 2.87. The molecule has 2 aromatic heterocycles. The quantitative estimate of drug-likeness (QED) is 0.315. The van der Waals surface area contributed by atoms with E-state index in [1.54, 1.807) is 30.6 Å². The number of H-pyrrole nitrogens is 1. The molecule has 0 radical (unpaired) electrons. The number of amides is 1. The van der Waals surface area contributed by atoms with Crippen molar-refractivity contribution in [3.8, 4) is 0 Å². The minimum Gasteiger partial charge on any atom is -0.390 e. The molecule has 8 rings (SSSR count). The van der Waals surface area contributed by atoms with E-state index in [0.29, 0.717) is 44.8 Å². The molecule has 0 aliphatic heterocycles. The Morgan fingerprint density at radius 2 is 1.82 bits per heavy atom. The van der Waals surface area contributed by atoms with Crippen LogP contribution in [0.15, 0.2) is 77.9 Å². The lowest BCUT2D eigenvalue weighted by Gasteiger charge is -2.58. The van der Waals surface area contributed by atoms with Crippen LogP contribution in [0, 0.1) is 17.8 Å². The molecule has 0 saturated heterocycles. The van der Waals surface area contributed by atoms with Crippen LogP contribution in [0.2, 0.25) is 5.02 Å². The number of carbonyl (C=O) groups excluding carboxylic acids is 1. The van der Waals surface area contributed by atoms with Crippen LogP contribution in [-0.2, 0) is 0 Å². The number of aromatic nitrogens is 2. The monoisotopic (exact) mass is 539 g/mol. The molecule has 6 nitrogen and oxygen atoms in total. The molecule has 1 unspecified atom stereocenters. The number of benzene rings is 2. The molecule has 4 aliphatic carbocycles. The summed E-state index contributed by atoms with van der Waals surface area (Å²) in [6.07, 6.45) is 8.17. The molecule has 4 fully saturated rings. The van der Waals surface area contributed by atoms with Gasteiger partial charge >= 0.3 is 0 Å². The molecule has 4 saturated carbocycles. The number of nitrogens with zero attached hydrogens (tertiary/aromatic N) is 1. The Hall–Kier alpha value is -3.48. The van der Waals surface area contributed by atoms with Gasteiger partial charge in [0, 0.05) is 40.0 Å². The van der Waals surface area contributed by atoms with Gasteiger partial charge in [0.05, 0.1) is 22.7 Å². The smallest absolute Gasteiger partial charge is 0.251 e. The molecule has 4 aliphatic rings. The first-order valence-corrected chi connectivity index (χ1v) is 14.1. The first-order valence-electron chi connectivity index (χ1n) is 13.7. The lowest BCUT2D eigenvalue weighted by atomic mass is 9.52. The Morgan fingerprint density at radius 1 is 1.05 bits per heavy atom. The van der Waals surface area contributed by atoms with Crippen molar-refractivity contribution in [2.24, 2.45) is 17.8 Å². The maximum atomic E-state index is 13.6. The second-order valence-corrected chi connectivity index (χ2v) is 12.2. The number of hydrogen-bond donors (Lipinski definition) is 3. The average Bonchev–Trinajstić information content (AvgIpc) is 2.92. The number of aromatic amines is 1. The number of fused-ring (bicyclic) bond motifs is 1. The van der Waals surface area contributed by atoms with Crippen molar-refractivity contribution in [2.75, 3.05) is 0 Å². The van der Waals surface area contributed by atoms with Crippen molar-refractivity contribution in [3.05, 3.63) is 111 Å². The predicted octanol–water partition coefficient (Wildman–Crippen LogP) is 5.43. The third-order valence-corrected chi connectivity index (χ3v) is 9.45. The summed E-state index contributed by atoms with van der Waals surface area (Å²) < 4.78 is 0. The number of halogens is 1. The largest absolute Gasteiger partial charge is 0.390 e. The van der Waals surface area contributed by atoms with E-state index in [0.717, 1.165) is 43.4 Å². The SMILES string of the molecule is O=C(N[C@@H]1[C@@H]2C[C@@H]3C[C@H]1C[C@](O)(C3)C2)c1ccc(C(c2ccccn2)c2c[nH]c3cc(Cl)ccc3c2=O)cc1. The Morgan fingerprint density at radius 3 is 2.51 bits per heavy atom. The van der Waals surface area contributed by atoms with Crippen LogP contribution >= 0.6 is 11.6 Å². The fourth-order valence-corrected chi connectivity index (χ4v) is 7.93. The maximum Gasteiger partial charge on any atom is 0.251 e. The third kappa shape index (κ3) is 4.36. The Balaban J connectivity index is 1.18. The molecule has 198 valence electrons. The van der Waals surface area contributed by atoms with Gasteiger partial charge in [-0.1, -0.05) is 29.8 Å². The van der Waals surface area contributed by atoms with Gasteiger partial charge in [0.2, 0.25) is 0 Å². The van der Waals surface area contributed by atoms with Gasteiger partial charge in [-0.05, 0) is 97.9 Å². The molecule has 6 atom stereocenters. The van der Waals surface area contributed by atoms with E-state index >= 15 is 0 Å². The van der Waals surface area contributed by atoms with Gasteiger partial charge in [-0.25, -0.2) is 0 Å². The molecule has 2 heterocycles. The van der Waals surface area contributed by atoms with Crippen LogP contribution in [0.4, 0.5) is 0 Å². The molecule has 39 heavy (non-hydrogen) atoms. The van der Waals surface area contributed by atoms with Gasteiger partial charge < -0.3 is 15.4 Å². The van der Waals surface area contributed by atoms with Crippen LogP contribution in [0.25, 0.3) is 10.9 Å². The van der Waals surface area contributed by atoms with Gasteiger partial charge in [0.25, 0.3) is 5.91 Å². The molecule has 0 spiro atoms. The van der Waals surface area contributed by atoms with E-state index in [2.05, 4.69) is 15.3 Å². The predicted molar refractivity (Wildman–Crippen MR) is 151 cm³/mol. The zero-order chi connectivity index (χ0) is 26.7. The summed E-state index contributed by atoms with van der Waals surface area (Å²) in [5, 5.41) is 15.3. The van der Waals surface area contributed by atoms with Gasteiger partial charge in [-0.2, -0.15) is 0 Å². The number of carbonyl (C=O) groups is 1. The molecule has 7 heteroatoms. The van der Waals surface area contributed by atoms with Crippen molar-refractivity contribution in [1.82, 2.24) is 15.3 Å². The zero-order valence-corrected chi connectivity index (χ0v) is 22.2. The van der Waals surface area contributed by atoms with E-state index in [1.165, 1.54) is 0 Å². The molecular weight excluding hydrogens is 510 g/mol. The number of pyridine rings is 2. The fraction of sp³-hybridized carbons (Fsp3) is 0.344. The lowest BCUT2D eigenvalue weighted by Crippen LogP contribution is -2.61. The number of hydrogen-bond acceptors (Lipinski definition) is 4. The third-order valence-electron chi connectivity index (χ3n) is 9.21. The number of nitrogens with one attached hydrogen (secondary N) is 2. The molecule has 3 N–H and O–H groups in total. The van der Waals surface area contributed by atoms with Crippen molar-refractivity contribution < 1.29 is 9.90 Å². The minimum atomic E-state index is -0.521. The first kappa shape index (κ1) is 24.6. The second kappa shape index (κ2) is 9.32.